The molecule has 2 nitrogen and oxygen atoms in total. The molecule has 0 spiro atoms. The van der Waals surface area contributed by atoms with Crippen molar-refractivity contribution >= 4 is 33.9 Å². The monoisotopic (exact) mass is 216 g/mol. The molecule has 0 bridgehead atoms. The van der Waals surface area contributed by atoms with E-state index >= 15 is 0 Å². The predicted molar refractivity (Wildman–Crippen MR) is 57.6 cm³/mol. The molecule has 0 aliphatic heterocycles. The summed E-state index contributed by atoms with van der Waals surface area (Å²) in [6.07, 6.45) is 0. The number of carbonyl (C=O) groups excluding carboxylic acids is 2. The Hall–Kier alpha value is -1.67. The molecule has 0 aromatic heterocycles. The molecule has 0 saturated carbocycles. The van der Waals surface area contributed by atoms with Crippen LogP contribution in [-0.2, 0) is 0 Å². The quantitative estimate of drug-likeness (QED) is 0.635. The van der Waals surface area contributed by atoms with Gasteiger partial charge in [0, 0.05) is 10.9 Å². The fourth-order valence-electron chi connectivity index (χ4n) is 2.00. The van der Waals surface area contributed by atoms with E-state index in [0.717, 1.165) is 5.39 Å². The van der Waals surface area contributed by atoms with E-state index in [9.17, 15) is 9.59 Å². The van der Waals surface area contributed by atoms with Crippen molar-refractivity contribution in [1.29, 1.82) is 0 Å². The number of Topliss-reactive ketones (excluding diaryl/α,β-unsaturated/α-hetero) is 2. The van der Waals surface area contributed by atoms with Gasteiger partial charge in [0.1, 0.15) is 0 Å². The van der Waals surface area contributed by atoms with Gasteiger partial charge in [0.05, 0.1) is 10.6 Å². The summed E-state index contributed by atoms with van der Waals surface area (Å²) in [5, 5.41) is 1.93. The molecule has 15 heavy (non-hydrogen) atoms. The lowest BCUT2D eigenvalue weighted by molar-refractivity contribution is 0.0825. The van der Waals surface area contributed by atoms with Crippen molar-refractivity contribution in [3.63, 3.8) is 0 Å². The first-order valence-electron chi connectivity index (χ1n) is 4.50. The lowest BCUT2D eigenvalue weighted by Gasteiger charge is -2.00. The van der Waals surface area contributed by atoms with Crippen molar-refractivity contribution in [3.05, 3.63) is 46.5 Å². The molecule has 1 aliphatic rings. The number of carbonyl (C=O) groups is 2. The smallest absolute Gasteiger partial charge is 0.235 e. The highest BCUT2D eigenvalue weighted by Crippen LogP contribution is 2.34. The van der Waals surface area contributed by atoms with E-state index in [4.69, 9.17) is 11.6 Å². The van der Waals surface area contributed by atoms with Crippen LogP contribution in [0.2, 0.25) is 5.02 Å². The summed E-state index contributed by atoms with van der Waals surface area (Å²) >= 11 is 5.92. The third-order valence-electron chi connectivity index (χ3n) is 2.67. The molecule has 3 heteroatoms. The highest BCUT2D eigenvalue weighted by Gasteiger charge is 2.32. The van der Waals surface area contributed by atoms with E-state index < -0.39 is 11.6 Å². The van der Waals surface area contributed by atoms with Gasteiger partial charge in [0.25, 0.3) is 0 Å². The van der Waals surface area contributed by atoms with Gasteiger partial charge >= 0.3 is 0 Å². The van der Waals surface area contributed by atoms with Crippen molar-refractivity contribution in [1.82, 2.24) is 0 Å². The summed E-state index contributed by atoms with van der Waals surface area (Å²) < 4.78 is 0. The summed E-state index contributed by atoms with van der Waals surface area (Å²) in [7, 11) is 0. The normalized spacial score (nSPS) is 13.9. The molecule has 1 aliphatic carbocycles. The molecule has 0 radical (unpaired) electrons. The number of hydrogen-bond acceptors (Lipinski definition) is 2. The van der Waals surface area contributed by atoms with Gasteiger partial charge in [-0.15, -0.1) is 0 Å². The Morgan fingerprint density at radius 1 is 0.933 bits per heavy atom. The highest BCUT2D eigenvalue weighted by atomic mass is 35.5. The van der Waals surface area contributed by atoms with E-state index in [0.29, 0.717) is 21.5 Å². The van der Waals surface area contributed by atoms with E-state index in [2.05, 4.69) is 0 Å². The molecular formula is C12H5ClO2. The van der Waals surface area contributed by atoms with Crippen LogP contribution in [0, 0.1) is 0 Å². The topological polar surface area (TPSA) is 34.1 Å². The van der Waals surface area contributed by atoms with E-state index in [1.807, 2.05) is 12.1 Å². The van der Waals surface area contributed by atoms with Crippen molar-refractivity contribution in [2.45, 2.75) is 0 Å². The van der Waals surface area contributed by atoms with Crippen molar-refractivity contribution in [2.75, 3.05) is 0 Å². The van der Waals surface area contributed by atoms with Gasteiger partial charge < -0.3 is 0 Å². The third-order valence-corrected chi connectivity index (χ3v) is 2.99. The Kier molecular flexibility index (Phi) is 1.54. The first kappa shape index (κ1) is 8.62. The Labute approximate surface area is 90.5 Å². The zero-order chi connectivity index (χ0) is 10.6. The Morgan fingerprint density at radius 2 is 1.73 bits per heavy atom. The summed E-state index contributed by atoms with van der Waals surface area (Å²) in [5.41, 5.74) is 0.824. The largest absolute Gasteiger partial charge is 0.285 e. The molecule has 0 saturated heterocycles. The number of halogens is 1. The number of rotatable bonds is 0. The van der Waals surface area contributed by atoms with Gasteiger partial charge in [-0.25, -0.2) is 0 Å². The Bertz CT molecular complexity index is 629. The summed E-state index contributed by atoms with van der Waals surface area (Å²) in [6.45, 7) is 0. The summed E-state index contributed by atoms with van der Waals surface area (Å²) in [4.78, 5) is 23.3. The molecule has 3 rings (SSSR count). The van der Waals surface area contributed by atoms with Crippen LogP contribution < -0.4 is 0 Å². The maximum Gasteiger partial charge on any atom is 0.235 e. The lowest BCUT2D eigenvalue weighted by atomic mass is 10.1. The number of ketones is 2. The molecule has 0 fully saturated rings. The Morgan fingerprint density at radius 3 is 2.53 bits per heavy atom. The van der Waals surface area contributed by atoms with Crippen molar-refractivity contribution in [2.24, 2.45) is 0 Å². The average Bonchev–Trinajstić information content (AvgIpc) is 2.50. The molecular weight excluding hydrogens is 212 g/mol. The fourth-order valence-corrected chi connectivity index (χ4v) is 2.24. The molecule has 2 aromatic rings. The van der Waals surface area contributed by atoms with Crippen LogP contribution >= 0.6 is 11.6 Å². The van der Waals surface area contributed by atoms with Crippen LogP contribution in [0.4, 0.5) is 0 Å². The van der Waals surface area contributed by atoms with Gasteiger partial charge in [-0.05, 0) is 11.5 Å². The van der Waals surface area contributed by atoms with E-state index in [-0.39, 0.29) is 0 Å². The standard InChI is InChI=1S/C12H5ClO2/c13-8-5-4-6-2-1-3-7-9(6)10(8)12(15)11(7)14/h1-5H. The maximum atomic E-state index is 11.7. The summed E-state index contributed by atoms with van der Waals surface area (Å²) in [6, 6.07) is 8.77. The van der Waals surface area contributed by atoms with Crippen molar-refractivity contribution < 1.29 is 9.59 Å². The zero-order valence-electron chi connectivity index (χ0n) is 7.58. The van der Waals surface area contributed by atoms with Gasteiger partial charge in [-0.3, -0.25) is 9.59 Å². The molecule has 0 amide bonds. The first-order chi connectivity index (χ1) is 7.20. The minimum absolute atomic E-state index is 0.353. The van der Waals surface area contributed by atoms with Crippen LogP contribution in [0.25, 0.3) is 10.8 Å². The van der Waals surface area contributed by atoms with Gasteiger partial charge in [-0.1, -0.05) is 35.9 Å². The lowest BCUT2D eigenvalue weighted by Crippen LogP contribution is -2.06. The molecule has 0 unspecified atom stereocenters. The average molecular weight is 217 g/mol. The fraction of sp³-hybridized carbons (Fsp3) is 0. The number of benzene rings is 2. The predicted octanol–water partition coefficient (Wildman–Crippen LogP) is 2.87. The van der Waals surface area contributed by atoms with Crippen LogP contribution in [0.1, 0.15) is 20.7 Å². The molecule has 0 atom stereocenters. The Balaban J connectivity index is 2.63. The van der Waals surface area contributed by atoms with Crippen LogP contribution in [-0.4, -0.2) is 11.6 Å². The van der Waals surface area contributed by atoms with E-state index in [1.165, 1.54) is 0 Å². The first-order valence-corrected chi connectivity index (χ1v) is 4.88. The second kappa shape index (κ2) is 2.67. The zero-order valence-corrected chi connectivity index (χ0v) is 8.34. The maximum absolute atomic E-state index is 11.7. The second-order valence-electron chi connectivity index (χ2n) is 3.48. The van der Waals surface area contributed by atoms with Gasteiger partial charge in [0.15, 0.2) is 0 Å². The SMILES string of the molecule is O=C1C(=O)c2c(Cl)ccc3cccc1c23. The summed E-state index contributed by atoms with van der Waals surface area (Å²) in [5.74, 6) is -0.949. The van der Waals surface area contributed by atoms with Gasteiger partial charge in [0.2, 0.25) is 11.6 Å². The molecule has 2 aromatic carbocycles. The van der Waals surface area contributed by atoms with E-state index in [1.54, 1.807) is 18.2 Å². The van der Waals surface area contributed by atoms with Crippen LogP contribution in [0.15, 0.2) is 30.3 Å². The highest BCUT2D eigenvalue weighted by molar-refractivity contribution is 6.59. The minimum Gasteiger partial charge on any atom is -0.285 e. The minimum atomic E-state index is -0.494. The molecule has 72 valence electrons. The molecule has 0 N–H and O–H groups in total. The third kappa shape index (κ3) is 0.944. The van der Waals surface area contributed by atoms with Crippen LogP contribution in [0.5, 0.6) is 0 Å². The second-order valence-corrected chi connectivity index (χ2v) is 3.89. The molecule has 0 heterocycles. The van der Waals surface area contributed by atoms with Gasteiger partial charge in [-0.2, -0.15) is 0 Å². The van der Waals surface area contributed by atoms with Crippen LogP contribution in [0.3, 0.4) is 0 Å². The van der Waals surface area contributed by atoms with Crippen molar-refractivity contribution in [3.8, 4) is 0 Å². The number of hydrogen-bond donors (Lipinski definition) is 0.